The Kier molecular flexibility index (Phi) is 26.0. The zero-order chi connectivity index (χ0) is 93.1. The second kappa shape index (κ2) is 37.7. The first-order valence-corrected chi connectivity index (χ1v) is 40.8. The van der Waals surface area contributed by atoms with Crippen LogP contribution in [0.5, 0.6) is 0 Å². The Morgan fingerprint density at radius 1 is 0.341 bits per heavy atom. The summed E-state index contributed by atoms with van der Waals surface area (Å²) in [7, 11) is 0. The van der Waals surface area contributed by atoms with E-state index in [0.29, 0.717) is 115 Å². The van der Waals surface area contributed by atoms with Crippen LogP contribution in [0.1, 0.15) is 79.8 Å². The maximum Gasteiger partial charge on any atom is 0.434 e. The largest absolute Gasteiger partial charge is 0.434 e. The molecule has 5 aliphatic heterocycles. The lowest BCUT2D eigenvalue weighted by Crippen LogP contribution is -2.32. The lowest BCUT2D eigenvalue weighted by molar-refractivity contribution is -0.142. The van der Waals surface area contributed by atoms with Gasteiger partial charge in [0.2, 0.25) is 5.91 Å². The Morgan fingerprint density at radius 2 is 0.629 bits per heavy atom. The van der Waals surface area contributed by atoms with Gasteiger partial charge in [0, 0.05) is 146 Å². The second-order valence-corrected chi connectivity index (χ2v) is 31.1. The van der Waals surface area contributed by atoms with Gasteiger partial charge in [-0.15, -0.1) is 0 Å². The summed E-state index contributed by atoms with van der Waals surface area (Å²) >= 11 is 0. The number of β-amino-alcohol motifs (C(OH)–C–C–N with tert-alkyl or cyclic N) is 1. The third-order valence-corrected chi connectivity index (χ3v) is 22.3. The smallest absolute Gasteiger partial charge is 0.396 e. The average Bonchev–Trinajstić information content (AvgIpc) is 1.64. The zero-order valence-corrected chi connectivity index (χ0v) is 68.8. The van der Waals surface area contributed by atoms with Crippen LogP contribution >= 0.6 is 0 Å². The Morgan fingerprint density at radius 3 is 0.917 bits per heavy atom. The summed E-state index contributed by atoms with van der Waals surface area (Å²) in [6, 6.07) is 8.66. The number of fused-ring (bicyclic) bond motifs is 5. The lowest BCUT2D eigenvalue weighted by Gasteiger charge is -2.24. The molecule has 5 aliphatic rings. The van der Waals surface area contributed by atoms with E-state index in [1.807, 2.05) is 19.6 Å². The minimum atomic E-state index is -4.57. The molecule has 0 aromatic carbocycles. The van der Waals surface area contributed by atoms with Crippen LogP contribution in [0.2, 0.25) is 0 Å². The van der Waals surface area contributed by atoms with Gasteiger partial charge in [0.1, 0.15) is 57.6 Å². The molecule has 0 spiro atoms. The number of primary amides is 1. The summed E-state index contributed by atoms with van der Waals surface area (Å²) in [6.45, 7) is 6.57. The summed E-state index contributed by atoms with van der Waals surface area (Å²) < 4.78 is 201. The van der Waals surface area contributed by atoms with Crippen molar-refractivity contribution in [1.29, 1.82) is 0 Å². The summed E-state index contributed by atoms with van der Waals surface area (Å²) in [5, 5.41) is 37.5. The van der Waals surface area contributed by atoms with E-state index < -0.39 is 65.5 Å². The molecule has 36 nitrogen and oxygen atoms in total. The van der Waals surface area contributed by atoms with Crippen molar-refractivity contribution >= 4 is 63.2 Å². The van der Waals surface area contributed by atoms with Crippen molar-refractivity contribution in [2.45, 2.75) is 94.4 Å². The summed E-state index contributed by atoms with van der Waals surface area (Å²) in [5.74, 6) is 5.03. The maximum absolute atomic E-state index is 13.0. The predicted octanol–water partition coefficient (Wildman–Crippen LogP) is 10.3. The molecule has 51 heteroatoms. The molecule has 0 radical (unpaired) electrons. The van der Waals surface area contributed by atoms with Crippen LogP contribution in [0.4, 0.5) is 94.9 Å². The minimum Gasteiger partial charge on any atom is -0.396 e. The first kappa shape index (κ1) is 91.1. The number of hydrogen-bond acceptors (Lipinski definition) is 30. The number of amides is 1. The van der Waals surface area contributed by atoms with Crippen LogP contribution in [0.15, 0.2) is 154 Å². The molecular weight excluding hydrogens is 1770 g/mol. The van der Waals surface area contributed by atoms with Gasteiger partial charge in [-0.1, -0.05) is 0 Å². The van der Waals surface area contributed by atoms with Crippen LogP contribution < -0.4 is 30.2 Å². The Hall–Kier alpha value is -14.2. The summed E-state index contributed by atoms with van der Waals surface area (Å²) in [6.07, 6.45) is 7.69. The van der Waals surface area contributed by atoms with Crippen molar-refractivity contribution in [2.75, 3.05) is 103 Å². The molecule has 132 heavy (non-hydrogen) atoms. The molecule has 0 saturated carbocycles. The van der Waals surface area contributed by atoms with Gasteiger partial charge in [-0.05, 0) is 87.1 Å². The Bertz CT molecular complexity index is 6610. The molecule has 5 atom stereocenters. The molecular formula is C81H76F15N31O5. The number of aromatic nitrogens is 25. The van der Waals surface area contributed by atoms with E-state index in [0.717, 1.165) is 127 Å². The van der Waals surface area contributed by atoms with Crippen molar-refractivity contribution in [3.8, 4) is 57.6 Å². The summed E-state index contributed by atoms with van der Waals surface area (Å²) in [5.41, 5.74) is 3.31. The van der Waals surface area contributed by atoms with Crippen LogP contribution in [0, 0.1) is 17.8 Å². The molecule has 1 amide bonds. The van der Waals surface area contributed by atoms with Gasteiger partial charge in [0.15, 0.2) is 85.8 Å². The van der Waals surface area contributed by atoms with Crippen LogP contribution in [-0.2, 0) is 35.7 Å². The SMILES string of the molecule is NC(=O)CC1CCN(c2ccnc(-c3cnc4cnc(C(F)(F)F)cn34)n2)C1.OC1CCN(c2ccnc(-c3cnc4cnc(C(F)(F)F)cn34)n2)C1.OCC1CCCN1c1ccnc(-c2cnc3cnc(C(F)(F)F)cn23)n1.OCC1CCN(c2ccnc(-c3cnc4cnc(C(F)(F)F)cn34)n2)C1.OCCC1CCN(c2ccnc(-c3cnc4cnc(C(F)(F)F)cn34)n2)C1. The minimum absolute atomic E-state index is 0.0130. The molecule has 20 heterocycles. The number of imidazole rings is 5. The van der Waals surface area contributed by atoms with Gasteiger partial charge in [-0.25, -0.2) is 99.7 Å². The van der Waals surface area contributed by atoms with Crippen molar-refractivity contribution in [3.05, 3.63) is 183 Å². The number of anilines is 5. The predicted molar refractivity (Wildman–Crippen MR) is 439 cm³/mol. The van der Waals surface area contributed by atoms with Crippen LogP contribution in [0.3, 0.4) is 0 Å². The molecule has 20 rings (SSSR count). The standard InChI is InChI=1S/C17H16F3N7O.C17H17F3N6O.2C16H15F3N6O.C15H13F3N6O/c18-17(19,20)12-9-27-11(6-24-15(27)7-23-12)16-22-3-1-14(25-16)26-4-2-10(8-26)5-13(21)28;18-17(19,20)13-10-26-12(7-23-15(26)8-22-13)16-21-4-1-14(24-16)25-5-2-11(9-25)3-6-27;17-16(18,19)12-8-25-11(5-22-14(25)6-21-12)15-20-3-1-13(23-15)24-4-2-10(7-24)9-26;17-16(18,19)12-8-25-11(6-22-14(25)7-21-12)15-20-4-3-13(23-15)24-5-1-2-10(24)9-26;16-15(17,18)11-8-24-10(5-21-13(24)6-20-11)14-19-3-1-12(22-14)23-4-2-9(25)7-23/h1,3,6-7,9-10H,2,4-5,8H2,(H2,21,28);1,4,7-8,10-11,27H,2-3,5-6,9H2;1,3,5-6,8,10,26H,2,4,7,9H2;3-4,6-8,10,26H,1-2,5,9H2;1,3,5-6,8-9,25H,2,4,7H2. The molecule has 15 aromatic rings. The fraction of sp³-hybridized carbons (Fsp3) is 0.370. The monoisotopic (exact) mass is 1850 g/mol. The van der Waals surface area contributed by atoms with Crippen molar-refractivity contribution in [1.82, 2.24) is 122 Å². The van der Waals surface area contributed by atoms with E-state index in [1.165, 1.54) is 59.2 Å². The van der Waals surface area contributed by atoms with Gasteiger partial charge in [0.05, 0.1) is 80.7 Å². The third kappa shape index (κ3) is 20.5. The number of rotatable bonds is 16. The number of halogens is 15. The van der Waals surface area contributed by atoms with E-state index in [4.69, 9.17) is 10.8 Å². The first-order valence-electron chi connectivity index (χ1n) is 40.8. The zero-order valence-electron chi connectivity index (χ0n) is 68.8. The number of hydrogen-bond donors (Lipinski definition) is 5. The van der Waals surface area contributed by atoms with Gasteiger partial charge in [-0.3, -0.25) is 26.8 Å². The van der Waals surface area contributed by atoms with Crippen molar-refractivity contribution in [3.63, 3.8) is 0 Å². The average molecular weight is 1850 g/mol. The number of alkyl halides is 15. The number of carbonyl (C=O) groups is 1. The fourth-order valence-corrected chi connectivity index (χ4v) is 15.7. The van der Waals surface area contributed by atoms with Crippen LogP contribution in [0.25, 0.3) is 85.8 Å². The molecule has 5 fully saturated rings. The van der Waals surface area contributed by atoms with Crippen LogP contribution in [-0.4, -0.2) is 239 Å². The highest BCUT2D eigenvalue weighted by molar-refractivity contribution is 5.74. The first-order chi connectivity index (χ1) is 63.1. The van der Waals surface area contributed by atoms with E-state index in [-0.39, 0.29) is 95.1 Å². The Labute approximate surface area is 734 Å². The molecule has 15 aromatic heterocycles. The molecule has 6 N–H and O–H groups in total. The number of nitrogens with zero attached hydrogens (tertiary/aromatic N) is 30. The highest BCUT2D eigenvalue weighted by Gasteiger charge is 2.39. The number of carbonyl (C=O) groups excluding carboxylic acids is 1. The summed E-state index contributed by atoms with van der Waals surface area (Å²) in [4.78, 5) is 102. The molecule has 0 bridgehead atoms. The van der Waals surface area contributed by atoms with E-state index >= 15 is 0 Å². The maximum atomic E-state index is 13.0. The highest BCUT2D eigenvalue weighted by atomic mass is 19.4. The number of nitrogens with two attached hydrogens (primary N) is 1. The van der Waals surface area contributed by atoms with Gasteiger partial charge in [0.25, 0.3) is 0 Å². The van der Waals surface area contributed by atoms with Crippen molar-refractivity contribution in [2.24, 2.45) is 23.5 Å². The molecule has 5 unspecified atom stereocenters. The normalized spacial score (nSPS) is 17.9. The third-order valence-electron chi connectivity index (χ3n) is 22.3. The topological polar surface area (TPSA) is 420 Å². The van der Waals surface area contributed by atoms with Gasteiger partial charge < -0.3 is 50.7 Å². The molecule has 5 saturated heterocycles. The lowest BCUT2D eigenvalue weighted by atomic mass is 10.1. The molecule has 690 valence electrons. The number of aliphatic hydroxyl groups is 4. The van der Waals surface area contributed by atoms with E-state index in [1.54, 1.807) is 55.1 Å². The highest BCUT2D eigenvalue weighted by Crippen LogP contribution is 2.38. The second-order valence-electron chi connectivity index (χ2n) is 31.1. The van der Waals surface area contributed by atoms with E-state index in [9.17, 15) is 86.0 Å². The number of aliphatic hydroxyl groups excluding tert-OH is 4. The van der Waals surface area contributed by atoms with E-state index in [2.05, 4.69) is 105 Å². The quantitative estimate of drug-likeness (QED) is 0.0561. The Balaban J connectivity index is 0.000000120. The van der Waals surface area contributed by atoms with Gasteiger partial charge in [-0.2, -0.15) is 65.9 Å². The van der Waals surface area contributed by atoms with Gasteiger partial charge >= 0.3 is 30.9 Å². The fourth-order valence-electron chi connectivity index (χ4n) is 15.7. The molecule has 0 aliphatic carbocycles. The van der Waals surface area contributed by atoms with Crippen molar-refractivity contribution < 1.29 is 91.1 Å².